The first-order valence-corrected chi connectivity index (χ1v) is 11.1. The molecular weight excluding hydrogens is 421 g/mol. The van der Waals surface area contributed by atoms with Crippen LogP contribution >= 0.6 is 0 Å². The van der Waals surface area contributed by atoms with Gasteiger partial charge in [-0.2, -0.15) is 8.99 Å². The zero-order valence-electron chi connectivity index (χ0n) is 16.3. The molecule has 0 spiro atoms. The van der Waals surface area contributed by atoms with Crippen molar-refractivity contribution >= 4 is 27.0 Å². The maximum atomic E-state index is 14.0. The second-order valence-electron chi connectivity index (χ2n) is 7.03. The van der Waals surface area contributed by atoms with Crippen molar-refractivity contribution in [1.82, 2.24) is 29.3 Å². The quantitative estimate of drug-likeness (QED) is 0.479. The van der Waals surface area contributed by atoms with E-state index in [0.717, 1.165) is 11.8 Å². The molecule has 1 aliphatic rings. The summed E-state index contributed by atoms with van der Waals surface area (Å²) in [6, 6.07) is 14.9. The summed E-state index contributed by atoms with van der Waals surface area (Å²) in [4.78, 5) is 10.3. The van der Waals surface area contributed by atoms with Gasteiger partial charge in [-0.15, -0.1) is 5.10 Å². The van der Waals surface area contributed by atoms with Crippen LogP contribution in [0.15, 0.2) is 65.8 Å². The molecular formula is C20H18FN7O2S. The maximum absolute atomic E-state index is 14.0. The number of aromatic nitrogens is 5. The third-order valence-electron chi connectivity index (χ3n) is 5.21. The minimum atomic E-state index is -3.91. The van der Waals surface area contributed by atoms with E-state index in [9.17, 15) is 12.8 Å². The monoisotopic (exact) mass is 439 g/mol. The van der Waals surface area contributed by atoms with E-state index in [2.05, 4.69) is 20.3 Å². The molecule has 5 rings (SSSR count). The van der Waals surface area contributed by atoms with Crippen molar-refractivity contribution in [2.75, 3.05) is 31.1 Å². The zero-order valence-corrected chi connectivity index (χ0v) is 17.2. The molecule has 0 amide bonds. The average molecular weight is 439 g/mol. The van der Waals surface area contributed by atoms with Crippen molar-refractivity contribution in [3.8, 4) is 5.69 Å². The highest BCUT2D eigenvalue weighted by molar-refractivity contribution is 7.89. The zero-order chi connectivity index (χ0) is 21.4. The van der Waals surface area contributed by atoms with E-state index in [1.54, 1.807) is 4.68 Å². The molecule has 1 aliphatic heterocycles. The molecule has 2 aromatic heterocycles. The number of benzene rings is 2. The van der Waals surface area contributed by atoms with E-state index in [1.807, 2.05) is 35.2 Å². The van der Waals surface area contributed by atoms with Gasteiger partial charge in [-0.05, 0) is 24.3 Å². The van der Waals surface area contributed by atoms with Gasteiger partial charge < -0.3 is 4.90 Å². The Bertz CT molecular complexity index is 1340. The smallest absolute Gasteiger partial charge is 0.246 e. The van der Waals surface area contributed by atoms with Crippen LogP contribution in [-0.2, 0) is 10.0 Å². The first kappa shape index (κ1) is 19.5. The molecule has 0 bridgehead atoms. The lowest BCUT2D eigenvalue weighted by molar-refractivity contribution is 0.381. The molecule has 3 heterocycles. The first-order chi connectivity index (χ1) is 15.1. The molecule has 9 nitrogen and oxygen atoms in total. The molecule has 11 heteroatoms. The minimum Gasteiger partial charge on any atom is -0.352 e. The number of piperazine rings is 1. The van der Waals surface area contributed by atoms with Crippen LogP contribution in [0.25, 0.3) is 16.9 Å². The van der Waals surface area contributed by atoms with Crippen molar-refractivity contribution < 1.29 is 12.8 Å². The lowest BCUT2D eigenvalue weighted by Crippen LogP contribution is -2.49. The van der Waals surface area contributed by atoms with Gasteiger partial charge in [0.05, 0.1) is 5.69 Å². The second-order valence-corrected chi connectivity index (χ2v) is 8.93. The van der Waals surface area contributed by atoms with Gasteiger partial charge in [-0.3, -0.25) is 0 Å². The lowest BCUT2D eigenvalue weighted by Gasteiger charge is -2.34. The average Bonchev–Trinajstić information content (AvgIpc) is 3.24. The Labute approximate surface area is 177 Å². The third kappa shape index (κ3) is 3.41. The Morgan fingerprint density at radius 3 is 2.32 bits per heavy atom. The molecule has 4 aromatic rings. The molecule has 158 valence electrons. The highest BCUT2D eigenvalue weighted by Gasteiger charge is 2.31. The van der Waals surface area contributed by atoms with Crippen LogP contribution in [0.4, 0.5) is 10.2 Å². The molecule has 0 N–H and O–H groups in total. The molecule has 31 heavy (non-hydrogen) atoms. The summed E-state index contributed by atoms with van der Waals surface area (Å²) in [7, 11) is -3.91. The molecule has 0 saturated carbocycles. The highest BCUT2D eigenvalue weighted by atomic mass is 32.2. The van der Waals surface area contributed by atoms with Gasteiger partial charge in [0.2, 0.25) is 10.0 Å². The number of halogens is 1. The van der Waals surface area contributed by atoms with E-state index in [0.29, 0.717) is 30.1 Å². The predicted octanol–water partition coefficient (Wildman–Crippen LogP) is 1.86. The summed E-state index contributed by atoms with van der Waals surface area (Å²) in [5.41, 5.74) is 1.94. The number of para-hydroxylation sites is 1. The fourth-order valence-corrected chi connectivity index (χ4v) is 5.13. The highest BCUT2D eigenvalue weighted by Crippen LogP contribution is 2.25. The van der Waals surface area contributed by atoms with Crippen LogP contribution in [0, 0.1) is 5.82 Å². The van der Waals surface area contributed by atoms with E-state index >= 15 is 0 Å². The molecule has 0 radical (unpaired) electrons. The Balaban J connectivity index is 1.40. The summed E-state index contributed by atoms with van der Waals surface area (Å²) in [6.45, 7) is 1.18. The van der Waals surface area contributed by atoms with Crippen LogP contribution < -0.4 is 4.90 Å². The topological polar surface area (TPSA) is 97.1 Å². The van der Waals surface area contributed by atoms with Gasteiger partial charge in [0.25, 0.3) is 0 Å². The fourth-order valence-electron chi connectivity index (χ4n) is 3.64. The van der Waals surface area contributed by atoms with Gasteiger partial charge in [0.15, 0.2) is 17.0 Å². The van der Waals surface area contributed by atoms with Gasteiger partial charge in [0.1, 0.15) is 17.0 Å². The molecule has 1 saturated heterocycles. The van der Waals surface area contributed by atoms with E-state index in [4.69, 9.17) is 0 Å². The maximum Gasteiger partial charge on any atom is 0.246 e. The largest absolute Gasteiger partial charge is 0.352 e. The van der Waals surface area contributed by atoms with Crippen LogP contribution in [0.3, 0.4) is 0 Å². The predicted molar refractivity (Wildman–Crippen MR) is 112 cm³/mol. The standard InChI is InChI=1S/C20H18FN7O2S/c21-16-8-4-5-9-17(16)31(29,30)27-12-10-26(11-13-27)19-18-20(23-14-22-19)28(25-24-18)15-6-2-1-3-7-15/h1-9,14H,10-13H2. The van der Waals surface area contributed by atoms with E-state index in [1.165, 1.54) is 28.8 Å². The first-order valence-electron chi connectivity index (χ1n) is 9.67. The molecule has 0 unspecified atom stereocenters. The second kappa shape index (κ2) is 7.67. The lowest BCUT2D eigenvalue weighted by atomic mass is 10.3. The summed E-state index contributed by atoms with van der Waals surface area (Å²) >= 11 is 0. The van der Waals surface area contributed by atoms with Crippen LogP contribution in [-0.4, -0.2) is 63.9 Å². The number of sulfonamides is 1. The summed E-state index contributed by atoms with van der Waals surface area (Å²) < 4.78 is 42.7. The Kier molecular flexibility index (Phi) is 4.83. The Morgan fingerprint density at radius 1 is 0.871 bits per heavy atom. The SMILES string of the molecule is O=S(=O)(c1ccccc1F)N1CCN(c2ncnc3c2nnn3-c2ccccc2)CC1. The summed E-state index contributed by atoms with van der Waals surface area (Å²) in [5.74, 6) is -0.157. The minimum absolute atomic E-state index is 0.203. The van der Waals surface area contributed by atoms with Crippen molar-refractivity contribution in [3.63, 3.8) is 0 Å². The van der Waals surface area contributed by atoms with Gasteiger partial charge in [0, 0.05) is 26.2 Å². The van der Waals surface area contributed by atoms with Gasteiger partial charge in [-0.1, -0.05) is 35.5 Å². The molecule has 0 aliphatic carbocycles. The van der Waals surface area contributed by atoms with Crippen molar-refractivity contribution in [1.29, 1.82) is 0 Å². The molecule has 1 fully saturated rings. The fraction of sp³-hybridized carbons (Fsp3) is 0.200. The van der Waals surface area contributed by atoms with E-state index < -0.39 is 15.8 Å². The Hall–Kier alpha value is -3.44. The summed E-state index contributed by atoms with van der Waals surface area (Å²) in [6.07, 6.45) is 1.45. The summed E-state index contributed by atoms with van der Waals surface area (Å²) in [5, 5.41) is 8.48. The Morgan fingerprint density at radius 2 is 1.58 bits per heavy atom. The van der Waals surface area contributed by atoms with Crippen molar-refractivity contribution in [3.05, 3.63) is 66.7 Å². The van der Waals surface area contributed by atoms with Crippen molar-refractivity contribution in [2.45, 2.75) is 4.90 Å². The van der Waals surface area contributed by atoms with E-state index in [-0.39, 0.29) is 18.0 Å². The van der Waals surface area contributed by atoms with Crippen molar-refractivity contribution in [2.24, 2.45) is 0 Å². The molecule has 2 aromatic carbocycles. The number of fused-ring (bicyclic) bond motifs is 1. The number of anilines is 1. The van der Waals surface area contributed by atoms with Crippen LogP contribution in [0.5, 0.6) is 0 Å². The number of hydrogen-bond donors (Lipinski definition) is 0. The number of rotatable bonds is 4. The van der Waals surface area contributed by atoms with Gasteiger partial charge >= 0.3 is 0 Å². The number of nitrogens with zero attached hydrogens (tertiary/aromatic N) is 7. The third-order valence-corrected chi connectivity index (χ3v) is 7.14. The van der Waals surface area contributed by atoms with Crippen LogP contribution in [0.2, 0.25) is 0 Å². The normalized spacial score (nSPS) is 15.5. The number of hydrogen-bond acceptors (Lipinski definition) is 7. The van der Waals surface area contributed by atoms with Crippen LogP contribution in [0.1, 0.15) is 0 Å². The van der Waals surface area contributed by atoms with Gasteiger partial charge in [-0.25, -0.2) is 22.8 Å². The molecule has 0 atom stereocenters.